The molecule has 0 spiro atoms. The predicted molar refractivity (Wildman–Crippen MR) is 69.6 cm³/mol. The van der Waals surface area contributed by atoms with Gasteiger partial charge < -0.3 is 9.84 Å². The Balaban J connectivity index is 1.75. The second-order valence-corrected chi connectivity index (χ2v) is 6.13. The fourth-order valence-corrected chi connectivity index (χ4v) is 3.25. The van der Waals surface area contributed by atoms with Crippen LogP contribution < -0.4 is 5.32 Å². The monoisotopic (exact) mass is 249 g/mol. The maximum Gasteiger partial charge on any atom is 0.233 e. The minimum absolute atomic E-state index is 0.0398. The van der Waals surface area contributed by atoms with Gasteiger partial charge in [-0.15, -0.1) is 0 Å². The van der Waals surface area contributed by atoms with Gasteiger partial charge in [-0.05, 0) is 39.2 Å². The molecule has 1 saturated heterocycles. The Morgan fingerprint density at radius 1 is 1.22 bits per heavy atom. The molecule has 1 unspecified atom stereocenters. The number of hydrogen-bond donors (Lipinski definition) is 1. The van der Waals surface area contributed by atoms with Gasteiger partial charge in [0.15, 0.2) is 5.82 Å². The van der Waals surface area contributed by atoms with Crippen LogP contribution in [0.25, 0.3) is 0 Å². The highest BCUT2D eigenvalue weighted by molar-refractivity contribution is 5.08. The third-order valence-corrected chi connectivity index (χ3v) is 4.53. The third-order valence-electron chi connectivity index (χ3n) is 4.53. The Labute approximate surface area is 109 Å². The highest BCUT2D eigenvalue weighted by Gasteiger charge is 2.35. The molecule has 0 radical (unpaired) electrons. The molecule has 1 atom stereocenters. The molecular weight excluding hydrogens is 226 g/mol. The van der Waals surface area contributed by atoms with Crippen LogP contribution in [0.4, 0.5) is 0 Å². The standard InChI is InChI=1S/C14H23N3O/c1-14(8-5-9-15-10-14)13-16-12(17-18-13)11-6-3-2-4-7-11/h11,15H,2-10H2,1H3. The van der Waals surface area contributed by atoms with E-state index < -0.39 is 0 Å². The maximum atomic E-state index is 5.56. The van der Waals surface area contributed by atoms with E-state index in [4.69, 9.17) is 9.51 Å². The molecule has 1 aliphatic carbocycles. The summed E-state index contributed by atoms with van der Waals surface area (Å²) in [5.41, 5.74) is 0.0398. The lowest BCUT2D eigenvalue weighted by Crippen LogP contribution is -2.41. The number of rotatable bonds is 2. The van der Waals surface area contributed by atoms with Gasteiger partial charge in [0.05, 0.1) is 5.41 Å². The van der Waals surface area contributed by atoms with Crippen molar-refractivity contribution in [3.63, 3.8) is 0 Å². The molecule has 0 bridgehead atoms. The first-order chi connectivity index (χ1) is 8.78. The lowest BCUT2D eigenvalue weighted by molar-refractivity contribution is 0.244. The molecule has 1 aromatic heterocycles. The van der Waals surface area contributed by atoms with Crippen LogP contribution in [0.3, 0.4) is 0 Å². The van der Waals surface area contributed by atoms with Crippen LogP contribution >= 0.6 is 0 Å². The van der Waals surface area contributed by atoms with Crippen molar-refractivity contribution in [2.45, 2.75) is 63.2 Å². The van der Waals surface area contributed by atoms with E-state index in [0.717, 1.165) is 31.2 Å². The first-order valence-corrected chi connectivity index (χ1v) is 7.33. The van der Waals surface area contributed by atoms with Crippen LogP contribution in [0.2, 0.25) is 0 Å². The van der Waals surface area contributed by atoms with Gasteiger partial charge in [-0.2, -0.15) is 4.98 Å². The van der Waals surface area contributed by atoms with Crippen molar-refractivity contribution in [3.8, 4) is 0 Å². The van der Waals surface area contributed by atoms with Gasteiger partial charge in [0.2, 0.25) is 5.89 Å². The Morgan fingerprint density at radius 2 is 2.06 bits per heavy atom. The number of piperidine rings is 1. The lowest BCUT2D eigenvalue weighted by Gasteiger charge is -2.30. The second kappa shape index (κ2) is 5.00. The highest BCUT2D eigenvalue weighted by atomic mass is 16.5. The van der Waals surface area contributed by atoms with E-state index >= 15 is 0 Å². The largest absolute Gasteiger partial charge is 0.339 e. The van der Waals surface area contributed by atoms with E-state index in [0.29, 0.717) is 5.92 Å². The van der Waals surface area contributed by atoms with Crippen molar-refractivity contribution in [3.05, 3.63) is 11.7 Å². The number of hydrogen-bond acceptors (Lipinski definition) is 4. The number of nitrogens with one attached hydrogen (secondary N) is 1. The average Bonchev–Trinajstić information content (AvgIpc) is 2.91. The fraction of sp³-hybridized carbons (Fsp3) is 0.857. The summed E-state index contributed by atoms with van der Waals surface area (Å²) in [6.07, 6.45) is 8.79. The van der Waals surface area contributed by atoms with Crippen molar-refractivity contribution < 1.29 is 4.52 Å². The normalized spacial score (nSPS) is 30.5. The van der Waals surface area contributed by atoms with Gasteiger partial charge in [-0.25, -0.2) is 0 Å². The van der Waals surface area contributed by atoms with Gasteiger partial charge in [-0.1, -0.05) is 24.4 Å². The molecule has 18 heavy (non-hydrogen) atoms. The van der Waals surface area contributed by atoms with Crippen LogP contribution in [-0.4, -0.2) is 23.2 Å². The summed E-state index contributed by atoms with van der Waals surface area (Å²) in [7, 11) is 0. The topological polar surface area (TPSA) is 51.0 Å². The molecule has 1 aromatic rings. The van der Waals surface area contributed by atoms with Crippen molar-refractivity contribution >= 4 is 0 Å². The molecule has 100 valence electrons. The summed E-state index contributed by atoms with van der Waals surface area (Å²) in [5.74, 6) is 2.34. The predicted octanol–water partition coefficient (Wildman–Crippen LogP) is 2.76. The van der Waals surface area contributed by atoms with Crippen LogP contribution in [-0.2, 0) is 5.41 Å². The summed E-state index contributed by atoms with van der Waals surface area (Å²) < 4.78 is 5.56. The molecule has 0 aromatic carbocycles. The van der Waals surface area contributed by atoms with E-state index in [1.807, 2.05) is 0 Å². The fourth-order valence-electron chi connectivity index (χ4n) is 3.25. The zero-order valence-electron chi connectivity index (χ0n) is 11.2. The SMILES string of the molecule is CC1(c2nc(C3CCCCC3)no2)CCCNC1. The molecule has 2 aliphatic rings. The summed E-state index contributed by atoms with van der Waals surface area (Å²) in [6.45, 7) is 4.30. The Bertz CT molecular complexity index is 389. The molecule has 3 rings (SSSR count). The molecule has 0 amide bonds. The van der Waals surface area contributed by atoms with Crippen molar-refractivity contribution in [2.24, 2.45) is 0 Å². The van der Waals surface area contributed by atoms with Crippen molar-refractivity contribution in [2.75, 3.05) is 13.1 Å². The molecule has 1 saturated carbocycles. The van der Waals surface area contributed by atoms with Gasteiger partial charge in [0, 0.05) is 12.5 Å². The van der Waals surface area contributed by atoms with E-state index in [9.17, 15) is 0 Å². The lowest BCUT2D eigenvalue weighted by atomic mass is 9.82. The summed E-state index contributed by atoms with van der Waals surface area (Å²) in [6, 6.07) is 0. The number of nitrogens with zero attached hydrogens (tertiary/aromatic N) is 2. The Morgan fingerprint density at radius 3 is 2.78 bits per heavy atom. The van der Waals surface area contributed by atoms with Crippen LogP contribution in [0.15, 0.2) is 4.52 Å². The first-order valence-electron chi connectivity index (χ1n) is 7.33. The zero-order chi connectivity index (χ0) is 12.4. The number of aromatic nitrogens is 2. The van der Waals surface area contributed by atoms with E-state index in [1.54, 1.807) is 0 Å². The quantitative estimate of drug-likeness (QED) is 0.875. The zero-order valence-corrected chi connectivity index (χ0v) is 11.2. The molecule has 4 nitrogen and oxygen atoms in total. The summed E-state index contributed by atoms with van der Waals surface area (Å²) >= 11 is 0. The van der Waals surface area contributed by atoms with Crippen LogP contribution in [0.1, 0.15) is 69.5 Å². The second-order valence-electron chi connectivity index (χ2n) is 6.13. The van der Waals surface area contributed by atoms with Gasteiger partial charge in [0.25, 0.3) is 0 Å². The summed E-state index contributed by atoms with van der Waals surface area (Å²) in [4.78, 5) is 4.71. The third kappa shape index (κ3) is 2.30. The van der Waals surface area contributed by atoms with Crippen LogP contribution in [0.5, 0.6) is 0 Å². The minimum Gasteiger partial charge on any atom is -0.339 e. The molecule has 2 heterocycles. The highest BCUT2D eigenvalue weighted by Crippen LogP contribution is 2.34. The minimum atomic E-state index is 0.0398. The van der Waals surface area contributed by atoms with Crippen LogP contribution in [0, 0.1) is 0 Å². The van der Waals surface area contributed by atoms with E-state index in [-0.39, 0.29) is 5.41 Å². The van der Waals surface area contributed by atoms with E-state index in [2.05, 4.69) is 17.4 Å². The van der Waals surface area contributed by atoms with E-state index in [1.165, 1.54) is 38.5 Å². The molecule has 4 heteroatoms. The molecular formula is C14H23N3O. The van der Waals surface area contributed by atoms with Gasteiger partial charge in [-0.3, -0.25) is 0 Å². The van der Waals surface area contributed by atoms with Gasteiger partial charge >= 0.3 is 0 Å². The molecule has 2 fully saturated rings. The Hall–Kier alpha value is -0.900. The van der Waals surface area contributed by atoms with Gasteiger partial charge in [0.1, 0.15) is 0 Å². The Kier molecular flexibility index (Phi) is 3.37. The molecule has 1 N–H and O–H groups in total. The van der Waals surface area contributed by atoms with Crippen molar-refractivity contribution in [1.82, 2.24) is 15.5 Å². The maximum absolute atomic E-state index is 5.56. The summed E-state index contributed by atoms with van der Waals surface area (Å²) in [5, 5.41) is 7.68. The van der Waals surface area contributed by atoms with Crippen molar-refractivity contribution in [1.29, 1.82) is 0 Å². The smallest absolute Gasteiger partial charge is 0.233 e. The molecule has 1 aliphatic heterocycles. The first kappa shape index (κ1) is 12.2. The average molecular weight is 249 g/mol.